The van der Waals surface area contributed by atoms with Crippen LogP contribution in [0.25, 0.3) is 0 Å². The van der Waals surface area contributed by atoms with Crippen molar-refractivity contribution in [2.45, 2.75) is 65.1 Å². The minimum absolute atomic E-state index is 0.0370. The Labute approximate surface area is 160 Å². The highest BCUT2D eigenvalue weighted by Crippen LogP contribution is 2.76. The molecule has 0 saturated heterocycles. The maximum atomic E-state index is 12.2. The van der Waals surface area contributed by atoms with Crippen LogP contribution in [-0.2, 0) is 19.4 Å². The molecule has 0 amide bonds. The molecule has 0 spiro atoms. The molecule has 0 aromatic carbocycles. The predicted molar refractivity (Wildman–Crippen MR) is 97.9 cm³/mol. The fourth-order valence-corrected chi connectivity index (χ4v) is 6.87. The molecule has 7 unspecified atom stereocenters. The highest BCUT2D eigenvalue weighted by atomic mass is 17.2. The summed E-state index contributed by atoms with van der Waals surface area (Å²) in [5, 5.41) is 21.7. The van der Waals surface area contributed by atoms with Crippen LogP contribution in [0.5, 0.6) is 0 Å². The molecule has 0 aromatic rings. The number of hydrogen-bond acceptors (Lipinski definition) is 6. The van der Waals surface area contributed by atoms with Crippen LogP contribution in [0.3, 0.4) is 0 Å². The van der Waals surface area contributed by atoms with E-state index in [2.05, 4.69) is 16.4 Å². The first-order valence-electron chi connectivity index (χ1n) is 9.80. The van der Waals surface area contributed by atoms with Gasteiger partial charge in [-0.15, -0.1) is 0 Å². The fourth-order valence-electron chi connectivity index (χ4n) is 6.87. The van der Waals surface area contributed by atoms with E-state index in [-0.39, 0.29) is 11.3 Å². The number of hydrogen-bond donors (Lipinski definition) is 2. The highest BCUT2D eigenvalue weighted by Gasteiger charge is 2.73. The van der Waals surface area contributed by atoms with E-state index in [1.54, 1.807) is 6.92 Å². The van der Waals surface area contributed by atoms with Crippen molar-refractivity contribution in [2.75, 3.05) is 0 Å². The van der Waals surface area contributed by atoms with Crippen LogP contribution in [0.2, 0.25) is 0 Å². The van der Waals surface area contributed by atoms with Crippen molar-refractivity contribution < 1.29 is 29.6 Å². The zero-order chi connectivity index (χ0) is 20.0. The van der Waals surface area contributed by atoms with Gasteiger partial charge in [0.25, 0.3) is 0 Å². The SMILES string of the molecule is C=CC(=O)OOC(=O)/C(C)=C/C1CCC2C3CCC(C(C)O)(C3)C12C(C)O. The Hall–Kier alpha value is -1.66. The van der Waals surface area contributed by atoms with Crippen LogP contribution >= 0.6 is 0 Å². The number of carbonyl (C=O) groups excluding carboxylic acids is 2. The Kier molecular flexibility index (Phi) is 5.25. The minimum atomic E-state index is -0.835. The topological polar surface area (TPSA) is 93.1 Å². The van der Waals surface area contributed by atoms with Gasteiger partial charge in [0.15, 0.2) is 0 Å². The molecule has 27 heavy (non-hydrogen) atoms. The summed E-state index contributed by atoms with van der Waals surface area (Å²) in [6, 6.07) is 0. The van der Waals surface area contributed by atoms with Crippen molar-refractivity contribution in [3.63, 3.8) is 0 Å². The maximum absolute atomic E-state index is 12.2. The van der Waals surface area contributed by atoms with Crippen LogP contribution in [0, 0.1) is 28.6 Å². The number of aliphatic hydroxyl groups excluding tert-OH is 2. The zero-order valence-electron chi connectivity index (χ0n) is 16.3. The standard InChI is InChI=1S/C21H30O6/c1-5-18(24)26-27-19(25)12(2)10-16-6-7-17-15-8-9-20(11-15,13(3)22)21(16,17)14(4)23/h5,10,13-17,22-23H,1,6-9,11H2,2-4H3/b12-10+. The smallest absolute Gasteiger partial charge is 0.381 e. The number of allylic oxidation sites excluding steroid dienone is 1. The lowest BCUT2D eigenvalue weighted by Gasteiger charge is -2.54. The molecule has 7 atom stereocenters. The van der Waals surface area contributed by atoms with Gasteiger partial charge in [0.2, 0.25) is 0 Å². The van der Waals surface area contributed by atoms with Crippen LogP contribution in [0.4, 0.5) is 0 Å². The molecule has 6 nitrogen and oxygen atoms in total. The Morgan fingerprint density at radius 2 is 1.85 bits per heavy atom. The molecule has 2 bridgehead atoms. The monoisotopic (exact) mass is 378 g/mol. The van der Waals surface area contributed by atoms with Gasteiger partial charge in [-0.2, -0.15) is 0 Å². The number of carbonyl (C=O) groups is 2. The Bertz CT molecular complexity index is 666. The molecule has 0 aromatic heterocycles. The molecule has 3 aliphatic rings. The van der Waals surface area contributed by atoms with Crippen molar-refractivity contribution in [1.29, 1.82) is 0 Å². The van der Waals surface area contributed by atoms with Gasteiger partial charge in [-0.3, -0.25) is 0 Å². The normalized spacial score (nSPS) is 39.6. The van der Waals surface area contributed by atoms with E-state index in [0.29, 0.717) is 17.4 Å². The van der Waals surface area contributed by atoms with Gasteiger partial charge >= 0.3 is 11.9 Å². The zero-order valence-corrected chi connectivity index (χ0v) is 16.3. The van der Waals surface area contributed by atoms with E-state index >= 15 is 0 Å². The Morgan fingerprint density at radius 3 is 2.44 bits per heavy atom. The lowest BCUT2D eigenvalue weighted by Crippen LogP contribution is -2.56. The van der Waals surface area contributed by atoms with E-state index in [1.165, 1.54) is 0 Å². The van der Waals surface area contributed by atoms with E-state index in [4.69, 9.17) is 0 Å². The molecular formula is C21H30O6. The summed E-state index contributed by atoms with van der Waals surface area (Å²) < 4.78 is 0. The van der Waals surface area contributed by atoms with Crippen LogP contribution in [0.15, 0.2) is 24.3 Å². The molecule has 2 N–H and O–H groups in total. The fraction of sp³-hybridized carbons (Fsp3) is 0.714. The van der Waals surface area contributed by atoms with Crippen molar-refractivity contribution in [3.8, 4) is 0 Å². The maximum Gasteiger partial charge on any atom is 0.381 e. The van der Waals surface area contributed by atoms with E-state index in [1.807, 2.05) is 19.9 Å². The quantitative estimate of drug-likeness (QED) is 0.434. The van der Waals surface area contributed by atoms with E-state index < -0.39 is 29.6 Å². The van der Waals surface area contributed by atoms with Crippen molar-refractivity contribution in [3.05, 3.63) is 24.3 Å². The van der Waals surface area contributed by atoms with Gasteiger partial charge in [0.05, 0.1) is 12.2 Å². The largest absolute Gasteiger partial charge is 0.393 e. The molecule has 3 rings (SSSR count). The van der Waals surface area contributed by atoms with Gasteiger partial charge in [-0.1, -0.05) is 12.7 Å². The summed E-state index contributed by atoms with van der Waals surface area (Å²) >= 11 is 0. The lowest BCUT2D eigenvalue weighted by atomic mass is 9.51. The lowest BCUT2D eigenvalue weighted by molar-refractivity contribution is -0.251. The van der Waals surface area contributed by atoms with Crippen LogP contribution in [-0.4, -0.2) is 34.4 Å². The van der Waals surface area contributed by atoms with Gasteiger partial charge < -0.3 is 10.2 Å². The summed E-state index contributed by atoms with van der Waals surface area (Å²) in [5.41, 5.74) is -0.432. The summed E-state index contributed by atoms with van der Waals surface area (Å²) in [7, 11) is 0. The first-order chi connectivity index (χ1) is 12.7. The van der Waals surface area contributed by atoms with Crippen LogP contribution < -0.4 is 0 Å². The van der Waals surface area contributed by atoms with Gasteiger partial charge in [0, 0.05) is 22.5 Å². The highest BCUT2D eigenvalue weighted by molar-refractivity contribution is 5.88. The third kappa shape index (κ3) is 2.76. The molecule has 0 aliphatic heterocycles. The van der Waals surface area contributed by atoms with E-state index in [0.717, 1.165) is 38.2 Å². The first kappa shape index (κ1) is 20.1. The van der Waals surface area contributed by atoms with Crippen LogP contribution in [0.1, 0.15) is 52.9 Å². The third-order valence-corrected chi connectivity index (χ3v) is 7.67. The van der Waals surface area contributed by atoms with Gasteiger partial charge in [0.1, 0.15) is 0 Å². The molecular weight excluding hydrogens is 348 g/mol. The molecule has 150 valence electrons. The Morgan fingerprint density at radius 1 is 1.15 bits per heavy atom. The molecule has 3 aliphatic carbocycles. The molecule has 6 heteroatoms. The summed E-state index contributed by atoms with van der Waals surface area (Å²) in [6.07, 6.45) is 6.44. The number of fused-ring (bicyclic) bond motifs is 5. The van der Waals surface area contributed by atoms with Gasteiger partial charge in [-0.25, -0.2) is 19.4 Å². The summed E-state index contributed by atoms with van der Waals surface area (Å²) in [5.74, 6) is -0.731. The molecule has 3 saturated carbocycles. The van der Waals surface area contributed by atoms with E-state index in [9.17, 15) is 19.8 Å². The van der Waals surface area contributed by atoms with Crippen molar-refractivity contribution in [2.24, 2.45) is 28.6 Å². The van der Waals surface area contributed by atoms with Gasteiger partial charge in [-0.05, 0) is 70.6 Å². The van der Waals surface area contributed by atoms with Crippen molar-refractivity contribution in [1.82, 2.24) is 0 Å². The number of aliphatic hydroxyl groups is 2. The average molecular weight is 378 g/mol. The average Bonchev–Trinajstić information content (AvgIpc) is 3.29. The minimum Gasteiger partial charge on any atom is -0.393 e. The Balaban J connectivity index is 1.91. The number of rotatable bonds is 5. The molecule has 0 radical (unpaired) electrons. The third-order valence-electron chi connectivity index (χ3n) is 7.67. The summed E-state index contributed by atoms with van der Waals surface area (Å²) in [6.45, 7) is 8.53. The second-order valence-electron chi connectivity index (χ2n) is 8.56. The van der Waals surface area contributed by atoms with Crippen molar-refractivity contribution >= 4 is 11.9 Å². The second kappa shape index (κ2) is 7.06. The predicted octanol–water partition coefficient (Wildman–Crippen LogP) is 2.69. The molecule has 0 heterocycles. The second-order valence-corrected chi connectivity index (χ2v) is 8.56. The first-order valence-corrected chi connectivity index (χ1v) is 9.80. The molecule has 3 fully saturated rings. The summed E-state index contributed by atoms with van der Waals surface area (Å²) in [4.78, 5) is 32.2.